The Hall–Kier alpha value is -1.87. The first-order chi connectivity index (χ1) is 12.8. The van der Waals surface area contributed by atoms with E-state index in [0.29, 0.717) is 28.5 Å². The lowest BCUT2D eigenvalue weighted by molar-refractivity contribution is -0.0328. The fourth-order valence-electron chi connectivity index (χ4n) is 2.81. The van der Waals surface area contributed by atoms with Gasteiger partial charge >= 0.3 is 5.51 Å². The number of nitrogens with one attached hydrogen (secondary N) is 1. The number of benzene rings is 1. The average molecular weight is 411 g/mol. The van der Waals surface area contributed by atoms with Crippen LogP contribution in [0.2, 0.25) is 0 Å². The highest BCUT2D eigenvalue weighted by Gasteiger charge is 2.30. The van der Waals surface area contributed by atoms with Crippen LogP contribution in [0.4, 0.5) is 13.2 Å². The number of nitrogens with zero attached hydrogens (tertiary/aromatic N) is 2. The number of pyridine rings is 1. The van der Waals surface area contributed by atoms with E-state index in [4.69, 9.17) is 9.20 Å². The van der Waals surface area contributed by atoms with Gasteiger partial charge in [0.25, 0.3) is 0 Å². The van der Waals surface area contributed by atoms with E-state index < -0.39 is 16.2 Å². The first-order valence-electron chi connectivity index (χ1n) is 8.43. The third-order valence-electron chi connectivity index (χ3n) is 4.27. The molecule has 1 aliphatic rings. The molecule has 3 aromatic rings. The Labute approximate surface area is 160 Å². The van der Waals surface area contributed by atoms with Gasteiger partial charge in [-0.05, 0) is 60.4 Å². The fourth-order valence-corrected chi connectivity index (χ4v) is 4.35. The topological polar surface area (TPSA) is 62.8 Å². The molecule has 1 aromatic carbocycles. The third-order valence-corrected chi connectivity index (χ3v) is 6.41. The van der Waals surface area contributed by atoms with Crippen LogP contribution < -0.4 is 0 Å². The molecule has 2 heterocycles. The van der Waals surface area contributed by atoms with Crippen LogP contribution in [0.5, 0.6) is 0 Å². The average Bonchev–Trinajstić information content (AvgIpc) is 3.38. The second-order valence-corrected chi connectivity index (χ2v) is 9.20. The van der Waals surface area contributed by atoms with E-state index in [1.165, 1.54) is 18.2 Å². The summed E-state index contributed by atoms with van der Waals surface area (Å²) < 4.78 is 51.9. The van der Waals surface area contributed by atoms with Gasteiger partial charge in [-0.3, -0.25) is 4.78 Å². The second-order valence-electron chi connectivity index (χ2n) is 6.27. The van der Waals surface area contributed by atoms with Gasteiger partial charge in [0, 0.05) is 21.7 Å². The van der Waals surface area contributed by atoms with Crippen molar-refractivity contribution in [1.29, 1.82) is 4.78 Å². The summed E-state index contributed by atoms with van der Waals surface area (Å²) in [7, 11) is -0.756. The molecule has 0 aliphatic heterocycles. The van der Waals surface area contributed by atoms with E-state index in [9.17, 15) is 13.2 Å². The lowest BCUT2D eigenvalue weighted by atomic mass is 10.2. The van der Waals surface area contributed by atoms with Crippen LogP contribution in [0.1, 0.15) is 31.2 Å². The molecule has 2 aromatic heterocycles. The molecule has 0 bridgehead atoms. The number of hydrogen-bond acceptors (Lipinski definition) is 5. The van der Waals surface area contributed by atoms with Crippen LogP contribution in [-0.2, 0) is 10.7 Å². The van der Waals surface area contributed by atoms with Crippen LogP contribution in [0, 0.1) is 4.78 Å². The maximum absolute atomic E-state index is 12.6. The Morgan fingerprint density at radius 1 is 1.30 bits per heavy atom. The minimum atomic E-state index is -4.35. The highest BCUT2D eigenvalue weighted by molar-refractivity contribution is 8.00. The normalized spacial score (nSPS) is 16.0. The lowest BCUT2D eigenvalue weighted by Gasteiger charge is -2.09. The lowest BCUT2D eigenvalue weighted by Crippen LogP contribution is -2.00. The summed E-state index contributed by atoms with van der Waals surface area (Å²) in [6, 6.07) is 6.22. The monoisotopic (exact) mass is 411 g/mol. The van der Waals surface area contributed by atoms with Crippen LogP contribution in [0.15, 0.2) is 44.7 Å². The predicted molar refractivity (Wildman–Crippen MR) is 100 cm³/mol. The highest BCUT2D eigenvalue weighted by Crippen LogP contribution is 2.42. The molecule has 0 radical (unpaired) electrons. The molecule has 1 atom stereocenters. The molecule has 1 saturated carbocycles. The van der Waals surface area contributed by atoms with Gasteiger partial charge in [0.2, 0.25) is 5.89 Å². The zero-order chi connectivity index (χ0) is 19.2. The third kappa shape index (κ3) is 4.03. The summed E-state index contributed by atoms with van der Waals surface area (Å²) in [5, 5.41) is 0. The molecule has 4 nitrogen and oxygen atoms in total. The SMILES string of the molecule is CCS(=N)c1cc(C2CC2)cnc1-c1nc2cc(SC(F)(F)F)ccc2o1. The fraction of sp³-hybridized carbons (Fsp3) is 0.333. The maximum Gasteiger partial charge on any atom is 0.446 e. The molecule has 4 rings (SSSR count). The molecule has 142 valence electrons. The minimum absolute atomic E-state index is 0.0564. The molecule has 0 saturated heterocycles. The van der Waals surface area contributed by atoms with Crippen molar-refractivity contribution in [1.82, 2.24) is 9.97 Å². The Kier molecular flexibility index (Phi) is 4.75. The molecule has 9 heteroatoms. The summed E-state index contributed by atoms with van der Waals surface area (Å²) in [4.78, 5) is 9.69. The predicted octanol–water partition coefficient (Wildman–Crippen LogP) is 6.14. The van der Waals surface area contributed by atoms with Crippen molar-refractivity contribution in [2.45, 2.75) is 41.0 Å². The van der Waals surface area contributed by atoms with Crippen molar-refractivity contribution >= 4 is 33.6 Å². The van der Waals surface area contributed by atoms with Gasteiger partial charge in [-0.15, -0.1) is 0 Å². The zero-order valence-corrected chi connectivity index (χ0v) is 16.0. The molecular formula is C18H16F3N3OS2. The van der Waals surface area contributed by atoms with Crippen LogP contribution in [0.25, 0.3) is 22.7 Å². The summed E-state index contributed by atoms with van der Waals surface area (Å²) in [6.07, 6.45) is 4.07. The molecular weight excluding hydrogens is 395 g/mol. The van der Waals surface area contributed by atoms with E-state index in [0.717, 1.165) is 23.3 Å². The van der Waals surface area contributed by atoms with Crippen LogP contribution in [0.3, 0.4) is 0 Å². The number of alkyl halides is 3. The number of aromatic nitrogens is 2. The van der Waals surface area contributed by atoms with Crippen molar-refractivity contribution < 1.29 is 17.6 Å². The number of oxazole rings is 1. The summed E-state index contributed by atoms with van der Waals surface area (Å²) >= 11 is -0.182. The summed E-state index contributed by atoms with van der Waals surface area (Å²) in [5.41, 5.74) is -1.97. The molecule has 1 fully saturated rings. The van der Waals surface area contributed by atoms with E-state index >= 15 is 0 Å². The molecule has 27 heavy (non-hydrogen) atoms. The molecule has 1 aliphatic carbocycles. The van der Waals surface area contributed by atoms with Crippen LogP contribution >= 0.6 is 11.8 Å². The van der Waals surface area contributed by atoms with Gasteiger partial charge in [-0.2, -0.15) is 13.2 Å². The number of fused-ring (bicyclic) bond motifs is 1. The number of thioether (sulfide) groups is 1. The van der Waals surface area contributed by atoms with E-state index in [1.807, 2.05) is 13.0 Å². The Morgan fingerprint density at radius 3 is 2.74 bits per heavy atom. The summed E-state index contributed by atoms with van der Waals surface area (Å²) in [6.45, 7) is 1.94. The van der Waals surface area contributed by atoms with Gasteiger partial charge in [-0.1, -0.05) is 17.6 Å². The maximum atomic E-state index is 12.6. The highest BCUT2D eigenvalue weighted by atomic mass is 32.2. The minimum Gasteiger partial charge on any atom is -0.435 e. The van der Waals surface area contributed by atoms with Gasteiger partial charge < -0.3 is 4.42 Å². The molecule has 1 N–H and O–H groups in total. The van der Waals surface area contributed by atoms with Crippen molar-refractivity contribution in [2.24, 2.45) is 0 Å². The van der Waals surface area contributed by atoms with Gasteiger partial charge in [0.05, 0.1) is 0 Å². The number of hydrogen-bond donors (Lipinski definition) is 1. The van der Waals surface area contributed by atoms with Crippen LogP contribution in [-0.4, -0.2) is 21.2 Å². The number of halogens is 3. The Balaban J connectivity index is 1.76. The molecule has 0 amide bonds. The van der Waals surface area contributed by atoms with Gasteiger partial charge in [0.1, 0.15) is 11.2 Å². The largest absolute Gasteiger partial charge is 0.446 e. The van der Waals surface area contributed by atoms with Gasteiger partial charge in [-0.25, -0.2) is 9.97 Å². The smallest absolute Gasteiger partial charge is 0.435 e. The van der Waals surface area contributed by atoms with Crippen molar-refractivity contribution in [2.75, 3.05) is 5.75 Å². The first-order valence-corrected chi connectivity index (χ1v) is 10.6. The number of rotatable bonds is 5. The van der Waals surface area contributed by atoms with E-state index in [-0.39, 0.29) is 22.5 Å². The molecule has 1 unspecified atom stereocenters. The van der Waals surface area contributed by atoms with Crippen molar-refractivity contribution in [3.63, 3.8) is 0 Å². The Morgan fingerprint density at radius 2 is 2.07 bits per heavy atom. The Bertz CT molecular complexity index is 1030. The molecule has 0 spiro atoms. The van der Waals surface area contributed by atoms with Crippen molar-refractivity contribution in [3.05, 3.63) is 36.0 Å². The van der Waals surface area contributed by atoms with E-state index in [1.54, 1.807) is 6.20 Å². The van der Waals surface area contributed by atoms with E-state index in [2.05, 4.69) is 9.97 Å². The second kappa shape index (κ2) is 6.94. The first kappa shape index (κ1) is 18.5. The summed E-state index contributed by atoms with van der Waals surface area (Å²) in [5.74, 6) is 1.41. The standard InChI is InChI=1S/C18H16F3N3OS2/c1-2-27(22)15-7-11(10-3-4-10)9-23-16(15)17-24-13-8-12(26-18(19,20)21)5-6-14(13)25-17/h5-10,22H,2-4H2,1H3. The zero-order valence-electron chi connectivity index (χ0n) is 14.3. The van der Waals surface area contributed by atoms with Gasteiger partial charge in [0.15, 0.2) is 5.58 Å². The quantitative estimate of drug-likeness (QED) is 0.512. The van der Waals surface area contributed by atoms with Crippen molar-refractivity contribution in [3.8, 4) is 11.6 Å².